The second-order valence-electron chi connectivity index (χ2n) is 3.48. The van der Waals surface area contributed by atoms with Gasteiger partial charge in [0.15, 0.2) is 0 Å². The van der Waals surface area contributed by atoms with Gasteiger partial charge in [0.05, 0.1) is 0 Å². The Morgan fingerprint density at radius 2 is 1.93 bits per heavy atom. The van der Waals surface area contributed by atoms with Crippen LogP contribution in [0.15, 0.2) is 6.07 Å². The molecule has 1 heterocycles. The Balaban J connectivity index is 2.99. The standard InChI is InChI=1S/C9H10ClF3N2/c1-5(2)6-3-7(10)15-8(14-6)4-9(11,12)13/h3,5H,4H2,1-2H3. The molecule has 0 amide bonds. The Labute approximate surface area is 90.5 Å². The van der Waals surface area contributed by atoms with Crippen LogP contribution in [0.3, 0.4) is 0 Å². The van der Waals surface area contributed by atoms with Gasteiger partial charge in [-0.2, -0.15) is 13.2 Å². The molecule has 6 heteroatoms. The van der Waals surface area contributed by atoms with Crippen LogP contribution in [0.1, 0.15) is 31.3 Å². The summed E-state index contributed by atoms with van der Waals surface area (Å²) in [6, 6.07) is 1.48. The van der Waals surface area contributed by atoms with Crippen LogP contribution in [0.4, 0.5) is 13.2 Å². The Morgan fingerprint density at radius 1 is 1.33 bits per heavy atom. The largest absolute Gasteiger partial charge is 0.396 e. The Morgan fingerprint density at radius 3 is 2.40 bits per heavy atom. The van der Waals surface area contributed by atoms with E-state index in [1.165, 1.54) is 6.07 Å². The maximum atomic E-state index is 12.1. The van der Waals surface area contributed by atoms with E-state index < -0.39 is 12.6 Å². The van der Waals surface area contributed by atoms with E-state index in [0.717, 1.165) is 0 Å². The van der Waals surface area contributed by atoms with Crippen LogP contribution in [0.5, 0.6) is 0 Å². The molecule has 0 aliphatic heterocycles. The number of nitrogens with zero attached hydrogens (tertiary/aromatic N) is 2. The summed E-state index contributed by atoms with van der Waals surface area (Å²) in [5.41, 5.74) is 0.522. The zero-order valence-corrected chi connectivity index (χ0v) is 9.02. The highest BCUT2D eigenvalue weighted by molar-refractivity contribution is 6.29. The molecule has 0 spiro atoms. The molecular formula is C9H10ClF3N2. The second-order valence-corrected chi connectivity index (χ2v) is 3.87. The zero-order chi connectivity index (χ0) is 11.6. The van der Waals surface area contributed by atoms with Crippen molar-refractivity contribution in [2.45, 2.75) is 32.4 Å². The molecule has 0 saturated carbocycles. The summed E-state index contributed by atoms with van der Waals surface area (Å²) in [5, 5.41) is 0.0490. The highest BCUT2D eigenvalue weighted by Crippen LogP contribution is 2.22. The molecule has 0 radical (unpaired) electrons. The molecule has 0 N–H and O–H groups in total. The molecule has 1 aromatic heterocycles. The molecule has 0 fully saturated rings. The van der Waals surface area contributed by atoms with Crippen molar-refractivity contribution in [2.24, 2.45) is 0 Å². The van der Waals surface area contributed by atoms with Gasteiger partial charge in [0, 0.05) is 5.69 Å². The van der Waals surface area contributed by atoms with Crippen LogP contribution in [-0.2, 0) is 6.42 Å². The van der Waals surface area contributed by atoms with Crippen molar-refractivity contribution >= 4 is 11.6 Å². The zero-order valence-electron chi connectivity index (χ0n) is 8.27. The van der Waals surface area contributed by atoms with Crippen molar-refractivity contribution in [2.75, 3.05) is 0 Å². The van der Waals surface area contributed by atoms with E-state index in [-0.39, 0.29) is 16.9 Å². The number of aromatic nitrogens is 2. The Kier molecular flexibility index (Phi) is 3.54. The Bertz CT molecular complexity index is 350. The van der Waals surface area contributed by atoms with E-state index in [9.17, 15) is 13.2 Å². The first-order valence-corrected chi connectivity index (χ1v) is 4.76. The third kappa shape index (κ3) is 4.03. The van der Waals surface area contributed by atoms with E-state index in [0.29, 0.717) is 5.69 Å². The topological polar surface area (TPSA) is 25.8 Å². The third-order valence-electron chi connectivity index (χ3n) is 1.71. The van der Waals surface area contributed by atoms with E-state index in [2.05, 4.69) is 9.97 Å². The van der Waals surface area contributed by atoms with Crippen molar-refractivity contribution in [1.29, 1.82) is 0 Å². The number of rotatable bonds is 2. The van der Waals surface area contributed by atoms with E-state index >= 15 is 0 Å². The molecule has 1 rings (SSSR count). The van der Waals surface area contributed by atoms with Crippen molar-refractivity contribution in [3.05, 3.63) is 22.7 Å². The summed E-state index contributed by atoms with van der Waals surface area (Å²) in [5.74, 6) is -0.254. The highest BCUT2D eigenvalue weighted by Gasteiger charge is 2.29. The number of halogens is 4. The molecule has 84 valence electrons. The summed E-state index contributed by atoms with van der Waals surface area (Å²) in [7, 11) is 0. The average Bonchev–Trinajstić information content (AvgIpc) is 1.99. The maximum Gasteiger partial charge on any atom is 0.396 e. The minimum absolute atomic E-state index is 0.0254. The normalized spacial score (nSPS) is 12.2. The van der Waals surface area contributed by atoms with Gasteiger partial charge >= 0.3 is 6.18 Å². The van der Waals surface area contributed by atoms with E-state index in [4.69, 9.17) is 11.6 Å². The summed E-state index contributed by atoms with van der Waals surface area (Å²) in [4.78, 5) is 7.34. The van der Waals surface area contributed by atoms with Crippen LogP contribution < -0.4 is 0 Å². The minimum atomic E-state index is -4.31. The fraction of sp³-hybridized carbons (Fsp3) is 0.556. The molecule has 15 heavy (non-hydrogen) atoms. The third-order valence-corrected chi connectivity index (χ3v) is 1.90. The van der Waals surface area contributed by atoms with Gasteiger partial charge in [0.25, 0.3) is 0 Å². The summed E-state index contributed by atoms with van der Waals surface area (Å²) < 4.78 is 36.2. The molecular weight excluding hydrogens is 229 g/mol. The lowest BCUT2D eigenvalue weighted by atomic mass is 10.1. The summed E-state index contributed by atoms with van der Waals surface area (Å²) >= 11 is 5.60. The van der Waals surface area contributed by atoms with Gasteiger partial charge in [-0.3, -0.25) is 0 Å². The average molecular weight is 239 g/mol. The fourth-order valence-electron chi connectivity index (χ4n) is 1.04. The van der Waals surface area contributed by atoms with Gasteiger partial charge in [-0.05, 0) is 12.0 Å². The lowest BCUT2D eigenvalue weighted by molar-refractivity contribution is -0.128. The van der Waals surface area contributed by atoms with Crippen molar-refractivity contribution in [1.82, 2.24) is 9.97 Å². The molecule has 0 atom stereocenters. The van der Waals surface area contributed by atoms with Gasteiger partial charge in [0.1, 0.15) is 17.4 Å². The van der Waals surface area contributed by atoms with E-state index in [1.807, 2.05) is 13.8 Å². The van der Waals surface area contributed by atoms with Crippen LogP contribution in [0.2, 0.25) is 5.15 Å². The molecule has 2 nitrogen and oxygen atoms in total. The Hall–Kier alpha value is -0.840. The van der Waals surface area contributed by atoms with Crippen LogP contribution >= 0.6 is 11.6 Å². The van der Waals surface area contributed by atoms with Crippen LogP contribution in [0, 0.1) is 0 Å². The predicted molar refractivity (Wildman–Crippen MR) is 50.9 cm³/mol. The van der Waals surface area contributed by atoms with Crippen molar-refractivity contribution in [3.8, 4) is 0 Å². The molecule has 0 aromatic carbocycles. The quantitative estimate of drug-likeness (QED) is 0.739. The SMILES string of the molecule is CC(C)c1cc(Cl)nc(CC(F)(F)F)n1. The van der Waals surface area contributed by atoms with Gasteiger partial charge < -0.3 is 0 Å². The van der Waals surface area contributed by atoms with Crippen LogP contribution in [-0.4, -0.2) is 16.1 Å². The molecule has 0 aliphatic carbocycles. The number of alkyl halides is 3. The van der Waals surface area contributed by atoms with Crippen molar-refractivity contribution in [3.63, 3.8) is 0 Å². The molecule has 0 bridgehead atoms. The van der Waals surface area contributed by atoms with Crippen LogP contribution in [0.25, 0.3) is 0 Å². The minimum Gasteiger partial charge on any atom is -0.237 e. The molecule has 0 aliphatic rings. The maximum absolute atomic E-state index is 12.1. The highest BCUT2D eigenvalue weighted by atomic mass is 35.5. The molecule has 0 unspecified atom stereocenters. The smallest absolute Gasteiger partial charge is 0.237 e. The van der Waals surface area contributed by atoms with E-state index in [1.54, 1.807) is 0 Å². The van der Waals surface area contributed by atoms with Gasteiger partial charge in [-0.15, -0.1) is 0 Å². The predicted octanol–water partition coefficient (Wildman–Crippen LogP) is 3.36. The molecule has 0 saturated heterocycles. The van der Waals surface area contributed by atoms with Gasteiger partial charge in [-0.1, -0.05) is 25.4 Å². The van der Waals surface area contributed by atoms with Gasteiger partial charge in [-0.25, -0.2) is 9.97 Å². The lowest BCUT2D eigenvalue weighted by Gasteiger charge is -2.09. The number of hydrogen-bond acceptors (Lipinski definition) is 2. The monoisotopic (exact) mass is 238 g/mol. The van der Waals surface area contributed by atoms with Crippen molar-refractivity contribution < 1.29 is 13.2 Å². The second kappa shape index (κ2) is 4.35. The lowest BCUT2D eigenvalue weighted by Crippen LogP contribution is -2.15. The van der Waals surface area contributed by atoms with Gasteiger partial charge in [0.2, 0.25) is 0 Å². The summed E-state index contributed by atoms with van der Waals surface area (Å²) in [6.45, 7) is 3.66. The molecule has 1 aromatic rings. The fourth-order valence-corrected chi connectivity index (χ4v) is 1.25. The number of hydrogen-bond donors (Lipinski definition) is 0. The first kappa shape index (κ1) is 12.2. The first-order valence-electron chi connectivity index (χ1n) is 4.38. The first-order chi connectivity index (χ1) is 6.78. The summed E-state index contributed by atoms with van der Waals surface area (Å²) in [6.07, 6.45) is -5.45.